The summed E-state index contributed by atoms with van der Waals surface area (Å²) in [5.74, 6) is 7.31. The molecule has 1 fully saturated rings. The first-order valence-electron chi connectivity index (χ1n) is 7.85. The van der Waals surface area contributed by atoms with Crippen molar-refractivity contribution < 1.29 is 9.29 Å². The molecule has 122 valence electrons. The molecule has 0 aromatic carbocycles. The maximum absolute atomic E-state index is 11.2. The quantitative estimate of drug-likeness (QED) is 0.471. The van der Waals surface area contributed by atoms with Gasteiger partial charge in [0.1, 0.15) is 0 Å². The van der Waals surface area contributed by atoms with E-state index < -0.39 is 11.1 Å². The smallest absolute Gasteiger partial charge is 0.317 e. The Morgan fingerprint density at radius 2 is 2.05 bits per heavy atom. The fourth-order valence-electron chi connectivity index (χ4n) is 2.41. The van der Waals surface area contributed by atoms with E-state index in [9.17, 15) is 4.55 Å². The van der Waals surface area contributed by atoms with Gasteiger partial charge in [0.15, 0.2) is 11.1 Å². The molecule has 0 aliphatic carbocycles. The van der Waals surface area contributed by atoms with E-state index in [2.05, 4.69) is 30.8 Å². The molecule has 2 rings (SSSR count). The number of anilines is 1. The van der Waals surface area contributed by atoms with Crippen LogP contribution in [0.15, 0.2) is 0 Å². The normalized spacial score (nSPS) is 16.0. The van der Waals surface area contributed by atoms with Crippen molar-refractivity contribution in [1.82, 2.24) is 13.6 Å². The van der Waals surface area contributed by atoms with Crippen LogP contribution in [-0.4, -0.2) is 51.5 Å². The summed E-state index contributed by atoms with van der Waals surface area (Å²) in [4.78, 5) is 2.43. The molecule has 2 heterocycles. The number of unbranched alkanes of at least 4 members (excludes halogenated alkanes) is 2. The lowest BCUT2D eigenvalue weighted by molar-refractivity contribution is 0.255. The highest BCUT2D eigenvalue weighted by Gasteiger charge is 2.15. The summed E-state index contributed by atoms with van der Waals surface area (Å²) in [5, 5.41) is 3.10. The summed E-state index contributed by atoms with van der Waals surface area (Å²) < 4.78 is 23.8. The van der Waals surface area contributed by atoms with Crippen LogP contribution in [0.4, 0.5) is 5.82 Å². The maximum Gasteiger partial charge on any atom is 0.317 e. The SMILES string of the molecule is COc1n[s+]([O-])nc1NCCCCC#CCN1CCCCC1. The van der Waals surface area contributed by atoms with Gasteiger partial charge in [-0.2, -0.15) is 0 Å². The van der Waals surface area contributed by atoms with Crippen LogP contribution >= 0.6 is 11.1 Å². The third-order valence-electron chi connectivity index (χ3n) is 3.62. The van der Waals surface area contributed by atoms with Crippen molar-refractivity contribution in [3.05, 3.63) is 0 Å². The van der Waals surface area contributed by atoms with Gasteiger partial charge in [-0.15, -0.1) is 5.92 Å². The van der Waals surface area contributed by atoms with Crippen molar-refractivity contribution in [3.63, 3.8) is 0 Å². The molecule has 0 amide bonds. The topological polar surface area (TPSA) is 73.3 Å². The molecular weight excluding hydrogens is 300 g/mol. The van der Waals surface area contributed by atoms with E-state index in [1.165, 1.54) is 39.5 Å². The molecule has 1 aromatic heterocycles. The minimum Gasteiger partial charge on any atom is -0.546 e. The maximum atomic E-state index is 11.2. The average molecular weight is 324 g/mol. The predicted molar refractivity (Wildman–Crippen MR) is 87.6 cm³/mol. The third-order valence-corrected chi connectivity index (χ3v) is 4.28. The second-order valence-corrected chi connectivity index (χ2v) is 6.17. The van der Waals surface area contributed by atoms with Crippen molar-refractivity contribution in [3.8, 4) is 17.7 Å². The van der Waals surface area contributed by atoms with Gasteiger partial charge in [0.2, 0.25) is 0 Å². The van der Waals surface area contributed by atoms with Crippen molar-refractivity contribution in [2.75, 3.05) is 38.6 Å². The van der Waals surface area contributed by atoms with Gasteiger partial charge in [0.05, 0.1) is 13.7 Å². The van der Waals surface area contributed by atoms with E-state index >= 15 is 0 Å². The van der Waals surface area contributed by atoms with Crippen LogP contribution < -0.4 is 10.1 Å². The molecule has 7 heteroatoms. The van der Waals surface area contributed by atoms with Gasteiger partial charge in [-0.25, -0.2) is 0 Å². The molecule has 1 saturated heterocycles. The Labute approximate surface area is 135 Å². The van der Waals surface area contributed by atoms with Crippen LogP contribution in [0.1, 0.15) is 38.5 Å². The first kappa shape index (κ1) is 17.0. The Balaban J connectivity index is 1.54. The second-order valence-electron chi connectivity index (χ2n) is 5.35. The van der Waals surface area contributed by atoms with E-state index in [0.717, 1.165) is 32.4 Å². The lowest BCUT2D eigenvalue weighted by Gasteiger charge is -2.23. The molecule has 1 atom stereocenters. The number of methoxy groups -OCH3 is 1. The van der Waals surface area contributed by atoms with Gasteiger partial charge in [-0.05, 0) is 38.8 Å². The van der Waals surface area contributed by atoms with Crippen molar-refractivity contribution >= 4 is 17.0 Å². The zero-order valence-electron chi connectivity index (χ0n) is 13.1. The molecule has 22 heavy (non-hydrogen) atoms. The molecular formula is C15H24N4O2S. The minimum atomic E-state index is -1.54. The monoisotopic (exact) mass is 324 g/mol. The highest BCUT2D eigenvalue weighted by molar-refractivity contribution is 7.14. The molecule has 1 unspecified atom stereocenters. The average Bonchev–Trinajstić information content (AvgIpc) is 2.91. The Morgan fingerprint density at radius 3 is 2.82 bits per heavy atom. The largest absolute Gasteiger partial charge is 0.546 e. The Kier molecular flexibility index (Phi) is 7.43. The number of rotatable bonds is 7. The minimum absolute atomic E-state index is 0.319. The van der Waals surface area contributed by atoms with Crippen LogP contribution in [0.5, 0.6) is 5.88 Å². The van der Waals surface area contributed by atoms with Gasteiger partial charge in [-0.3, -0.25) is 4.90 Å². The van der Waals surface area contributed by atoms with Crippen LogP contribution in [-0.2, 0) is 0 Å². The zero-order chi connectivity index (χ0) is 15.6. The molecule has 1 N–H and O–H groups in total. The van der Waals surface area contributed by atoms with Gasteiger partial charge in [-0.1, -0.05) is 12.3 Å². The molecule has 0 radical (unpaired) electrons. The molecule has 0 saturated carbocycles. The molecule has 0 bridgehead atoms. The number of hydrogen-bond acceptors (Lipinski definition) is 6. The Bertz CT molecular complexity index is 503. The summed E-state index contributed by atoms with van der Waals surface area (Å²) in [7, 11) is 1.50. The molecule has 1 aromatic rings. The van der Waals surface area contributed by atoms with Crippen molar-refractivity contribution in [2.24, 2.45) is 0 Å². The number of piperidine rings is 1. The van der Waals surface area contributed by atoms with Gasteiger partial charge >= 0.3 is 5.88 Å². The summed E-state index contributed by atoms with van der Waals surface area (Å²) >= 11 is -1.54. The number of hydrogen-bond donors (Lipinski definition) is 1. The summed E-state index contributed by atoms with van der Waals surface area (Å²) in [6, 6.07) is 0. The van der Waals surface area contributed by atoms with Crippen LogP contribution in [0.25, 0.3) is 0 Å². The fourth-order valence-corrected chi connectivity index (χ4v) is 3.05. The predicted octanol–water partition coefficient (Wildman–Crippen LogP) is 2.28. The Hall–Kier alpha value is -1.36. The van der Waals surface area contributed by atoms with Gasteiger partial charge in [0.25, 0.3) is 5.82 Å². The first-order valence-corrected chi connectivity index (χ1v) is 8.91. The number of nitrogens with zero attached hydrogens (tertiary/aromatic N) is 3. The molecule has 0 spiro atoms. The molecule has 1 aliphatic rings. The van der Waals surface area contributed by atoms with Crippen LogP contribution in [0.3, 0.4) is 0 Å². The third kappa shape index (κ3) is 5.79. The lowest BCUT2D eigenvalue weighted by atomic mass is 10.1. The first-order chi connectivity index (χ1) is 10.8. The highest BCUT2D eigenvalue weighted by atomic mass is 32.2. The van der Waals surface area contributed by atoms with E-state index in [0.29, 0.717) is 11.7 Å². The summed E-state index contributed by atoms with van der Waals surface area (Å²) in [6.45, 7) is 4.07. The number of ether oxygens (including phenoxy) is 1. The highest BCUT2D eigenvalue weighted by Crippen LogP contribution is 2.24. The van der Waals surface area contributed by atoms with E-state index in [1.54, 1.807) is 0 Å². The van der Waals surface area contributed by atoms with Gasteiger partial charge < -0.3 is 14.6 Å². The van der Waals surface area contributed by atoms with Crippen LogP contribution in [0.2, 0.25) is 0 Å². The van der Waals surface area contributed by atoms with E-state index in [4.69, 9.17) is 4.74 Å². The van der Waals surface area contributed by atoms with Crippen molar-refractivity contribution in [2.45, 2.75) is 38.5 Å². The zero-order valence-corrected chi connectivity index (χ0v) is 14.0. The van der Waals surface area contributed by atoms with Crippen LogP contribution in [0, 0.1) is 11.8 Å². The van der Waals surface area contributed by atoms with Crippen molar-refractivity contribution in [1.29, 1.82) is 0 Å². The molecule has 6 nitrogen and oxygen atoms in total. The number of likely N-dealkylation sites (tertiary alicyclic amines) is 1. The molecule has 1 aliphatic heterocycles. The fraction of sp³-hybridized carbons (Fsp3) is 0.733. The summed E-state index contributed by atoms with van der Waals surface area (Å²) in [5.41, 5.74) is 0. The second kappa shape index (κ2) is 9.62. The van der Waals surface area contributed by atoms with Gasteiger partial charge in [0, 0.05) is 21.7 Å². The van der Waals surface area contributed by atoms with E-state index in [-0.39, 0.29) is 0 Å². The Morgan fingerprint density at radius 1 is 1.23 bits per heavy atom. The lowest BCUT2D eigenvalue weighted by Crippen LogP contribution is -2.29. The number of aromatic nitrogens is 2. The van der Waals surface area contributed by atoms with E-state index in [1.807, 2.05) is 0 Å². The number of nitrogens with one attached hydrogen (secondary N) is 1. The summed E-state index contributed by atoms with van der Waals surface area (Å²) in [6.07, 6.45) is 6.94. The standard InChI is InChI=1S/C15H24N4O2S/c1-21-15-14(17-22(20)18-15)16-10-6-3-2-4-7-11-19-12-8-5-9-13-19/h2-3,5-6,8-13H2,1H3,(H,16,17).